The van der Waals surface area contributed by atoms with Crippen LogP contribution in [0.4, 0.5) is 0 Å². The van der Waals surface area contributed by atoms with Crippen molar-refractivity contribution >= 4 is 11.8 Å². The van der Waals surface area contributed by atoms with E-state index in [1.807, 2.05) is 0 Å². The number of unbranched alkanes of at least 4 members (excludes halogenated alkanes) is 4. The van der Waals surface area contributed by atoms with Crippen molar-refractivity contribution < 1.29 is 19.1 Å². The van der Waals surface area contributed by atoms with Crippen LogP contribution in [0.15, 0.2) is 18.2 Å². The molecule has 1 aromatic carbocycles. The van der Waals surface area contributed by atoms with Gasteiger partial charge < -0.3 is 20.1 Å². The van der Waals surface area contributed by atoms with Crippen LogP contribution in [0.5, 0.6) is 11.5 Å². The number of nitrogens with one attached hydrogen (secondary N) is 2. The summed E-state index contributed by atoms with van der Waals surface area (Å²) in [5.74, 6) is 0.791. The van der Waals surface area contributed by atoms with Crippen LogP contribution in [0.1, 0.15) is 55.8 Å². The van der Waals surface area contributed by atoms with Gasteiger partial charge in [-0.3, -0.25) is 9.59 Å². The van der Waals surface area contributed by atoms with Gasteiger partial charge >= 0.3 is 0 Å². The Morgan fingerprint density at radius 3 is 2.12 bits per heavy atom. The van der Waals surface area contributed by atoms with E-state index < -0.39 is 0 Å². The molecule has 0 aliphatic rings. The zero-order valence-corrected chi connectivity index (χ0v) is 15.5. The Morgan fingerprint density at radius 2 is 1.52 bits per heavy atom. The molecule has 2 amide bonds. The first-order valence-corrected chi connectivity index (χ1v) is 8.88. The Labute approximate surface area is 150 Å². The molecule has 6 heteroatoms. The summed E-state index contributed by atoms with van der Waals surface area (Å²) in [4.78, 5) is 23.9. The molecule has 0 fully saturated rings. The summed E-state index contributed by atoms with van der Waals surface area (Å²) < 4.78 is 10.3. The molecule has 140 valence electrons. The Kier molecular flexibility index (Phi) is 10.1. The van der Waals surface area contributed by atoms with E-state index in [0.29, 0.717) is 30.2 Å². The van der Waals surface area contributed by atoms with Crippen LogP contribution in [-0.4, -0.2) is 39.1 Å². The molecule has 1 aromatic rings. The SMILES string of the molecule is CCCCCCCNC(=O)CCNC(=O)c1cc(OC)cc(OC)c1. The monoisotopic (exact) mass is 350 g/mol. The fourth-order valence-corrected chi connectivity index (χ4v) is 2.37. The topological polar surface area (TPSA) is 76.7 Å². The number of rotatable bonds is 12. The predicted molar refractivity (Wildman–Crippen MR) is 98.3 cm³/mol. The molecule has 0 aliphatic heterocycles. The predicted octanol–water partition coefficient (Wildman–Crippen LogP) is 2.91. The third-order valence-electron chi connectivity index (χ3n) is 3.85. The highest BCUT2D eigenvalue weighted by atomic mass is 16.5. The number of amides is 2. The molecule has 2 N–H and O–H groups in total. The maximum Gasteiger partial charge on any atom is 0.251 e. The molecule has 0 radical (unpaired) electrons. The molecule has 0 bridgehead atoms. The molecule has 0 saturated heterocycles. The molecule has 0 spiro atoms. The molecule has 25 heavy (non-hydrogen) atoms. The van der Waals surface area contributed by atoms with Crippen molar-refractivity contribution in [1.29, 1.82) is 0 Å². The van der Waals surface area contributed by atoms with Crippen LogP contribution >= 0.6 is 0 Å². The number of benzene rings is 1. The third-order valence-corrected chi connectivity index (χ3v) is 3.85. The van der Waals surface area contributed by atoms with Gasteiger partial charge in [0.05, 0.1) is 14.2 Å². The third kappa shape index (κ3) is 8.42. The molecule has 0 aromatic heterocycles. The van der Waals surface area contributed by atoms with Crippen molar-refractivity contribution in [2.24, 2.45) is 0 Å². The van der Waals surface area contributed by atoms with Crippen LogP contribution < -0.4 is 20.1 Å². The number of hydrogen-bond acceptors (Lipinski definition) is 4. The maximum absolute atomic E-state index is 12.2. The molecule has 0 atom stereocenters. The van der Waals surface area contributed by atoms with Crippen LogP contribution in [0.3, 0.4) is 0 Å². The minimum absolute atomic E-state index is 0.0426. The van der Waals surface area contributed by atoms with E-state index in [1.165, 1.54) is 33.5 Å². The van der Waals surface area contributed by atoms with Gasteiger partial charge in [-0.05, 0) is 18.6 Å². The van der Waals surface area contributed by atoms with Crippen LogP contribution in [0, 0.1) is 0 Å². The first-order chi connectivity index (χ1) is 12.1. The molecular weight excluding hydrogens is 320 g/mol. The molecule has 0 aliphatic carbocycles. The zero-order valence-electron chi connectivity index (χ0n) is 15.5. The first kappa shape index (κ1) is 20.8. The first-order valence-electron chi connectivity index (χ1n) is 8.88. The van der Waals surface area contributed by atoms with E-state index in [4.69, 9.17) is 9.47 Å². The Morgan fingerprint density at radius 1 is 0.880 bits per heavy atom. The van der Waals surface area contributed by atoms with E-state index in [2.05, 4.69) is 17.6 Å². The number of ether oxygens (including phenoxy) is 2. The summed E-state index contributed by atoms with van der Waals surface area (Å²) in [6.45, 7) is 3.17. The summed E-state index contributed by atoms with van der Waals surface area (Å²) >= 11 is 0. The second kappa shape index (κ2) is 12.2. The van der Waals surface area contributed by atoms with E-state index in [0.717, 1.165) is 12.8 Å². The van der Waals surface area contributed by atoms with Gasteiger partial charge in [0, 0.05) is 31.1 Å². The lowest BCUT2D eigenvalue weighted by atomic mass is 10.1. The molecule has 0 heterocycles. The molecular formula is C19H30N2O4. The van der Waals surface area contributed by atoms with E-state index in [1.54, 1.807) is 18.2 Å². The minimum Gasteiger partial charge on any atom is -0.497 e. The fraction of sp³-hybridized carbons (Fsp3) is 0.579. The lowest BCUT2D eigenvalue weighted by molar-refractivity contribution is -0.120. The van der Waals surface area contributed by atoms with Gasteiger partial charge in [-0.15, -0.1) is 0 Å². The average Bonchev–Trinajstić information content (AvgIpc) is 2.63. The van der Waals surface area contributed by atoms with Crippen LogP contribution in [-0.2, 0) is 4.79 Å². The minimum atomic E-state index is -0.260. The summed E-state index contributed by atoms with van der Waals surface area (Å²) in [7, 11) is 3.06. The van der Waals surface area contributed by atoms with Crippen molar-refractivity contribution in [3.63, 3.8) is 0 Å². The van der Waals surface area contributed by atoms with Gasteiger partial charge in [-0.1, -0.05) is 32.6 Å². The number of carbonyl (C=O) groups excluding carboxylic acids is 2. The lowest BCUT2D eigenvalue weighted by Gasteiger charge is -2.09. The summed E-state index contributed by atoms with van der Waals surface area (Å²) in [6.07, 6.45) is 6.08. The van der Waals surface area contributed by atoms with Crippen molar-refractivity contribution in [2.45, 2.75) is 45.4 Å². The standard InChI is InChI=1S/C19H30N2O4/c1-4-5-6-7-8-10-20-18(22)9-11-21-19(23)15-12-16(24-2)14-17(13-15)25-3/h12-14H,4-11H2,1-3H3,(H,20,22)(H,21,23). The lowest BCUT2D eigenvalue weighted by Crippen LogP contribution is -2.31. The molecule has 1 rings (SSSR count). The molecule has 0 saturated carbocycles. The van der Waals surface area contributed by atoms with Crippen molar-refractivity contribution in [1.82, 2.24) is 10.6 Å². The quantitative estimate of drug-likeness (QED) is 0.568. The van der Waals surface area contributed by atoms with Crippen molar-refractivity contribution in [2.75, 3.05) is 27.3 Å². The summed E-state index contributed by atoms with van der Waals surface area (Å²) in [5.41, 5.74) is 0.438. The maximum atomic E-state index is 12.2. The highest BCUT2D eigenvalue weighted by molar-refractivity contribution is 5.95. The Balaban J connectivity index is 2.29. The van der Waals surface area contributed by atoms with E-state index in [9.17, 15) is 9.59 Å². The van der Waals surface area contributed by atoms with E-state index in [-0.39, 0.29) is 18.2 Å². The average molecular weight is 350 g/mol. The summed E-state index contributed by atoms with van der Waals surface area (Å²) in [6, 6.07) is 4.97. The second-order valence-corrected chi connectivity index (χ2v) is 5.87. The van der Waals surface area contributed by atoms with Gasteiger partial charge in [0.1, 0.15) is 11.5 Å². The number of hydrogen-bond donors (Lipinski definition) is 2. The second-order valence-electron chi connectivity index (χ2n) is 5.87. The van der Waals surface area contributed by atoms with Gasteiger partial charge in [0.2, 0.25) is 5.91 Å². The number of carbonyl (C=O) groups is 2. The van der Waals surface area contributed by atoms with Crippen molar-refractivity contribution in [3.8, 4) is 11.5 Å². The molecule has 0 unspecified atom stereocenters. The largest absolute Gasteiger partial charge is 0.497 e. The number of methoxy groups -OCH3 is 2. The smallest absolute Gasteiger partial charge is 0.251 e. The van der Waals surface area contributed by atoms with Gasteiger partial charge in [0.25, 0.3) is 5.91 Å². The van der Waals surface area contributed by atoms with Gasteiger partial charge in [-0.2, -0.15) is 0 Å². The normalized spacial score (nSPS) is 10.2. The molecule has 6 nitrogen and oxygen atoms in total. The van der Waals surface area contributed by atoms with Crippen LogP contribution in [0.25, 0.3) is 0 Å². The van der Waals surface area contributed by atoms with Gasteiger partial charge in [-0.25, -0.2) is 0 Å². The van der Waals surface area contributed by atoms with E-state index >= 15 is 0 Å². The van der Waals surface area contributed by atoms with Crippen molar-refractivity contribution in [3.05, 3.63) is 23.8 Å². The zero-order chi connectivity index (χ0) is 18.5. The summed E-state index contributed by atoms with van der Waals surface area (Å²) in [5, 5.41) is 5.62. The highest BCUT2D eigenvalue weighted by Crippen LogP contribution is 2.22. The fourth-order valence-electron chi connectivity index (χ4n) is 2.37. The Hall–Kier alpha value is -2.24. The Bertz CT molecular complexity index is 524. The van der Waals surface area contributed by atoms with Gasteiger partial charge in [0.15, 0.2) is 0 Å². The van der Waals surface area contributed by atoms with Crippen LogP contribution in [0.2, 0.25) is 0 Å². The highest BCUT2D eigenvalue weighted by Gasteiger charge is 2.10.